The molecule has 0 saturated heterocycles. The Bertz CT molecular complexity index is 1110. The molecule has 1 aromatic carbocycles. The van der Waals surface area contributed by atoms with Gasteiger partial charge in [0, 0.05) is 5.39 Å². The maximum atomic E-state index is 12.4. The molecule has 3 aromatic rings. The van der Waals surface area contributed by atoms with E-state index in [1.807, 2.05) is 31.2 Å². The second-order valence-corrected chi connectivity index (χ2v) is 8.29. The molecule has 0 fully saturated rings. The Morgan fingerprint density at radius 1 is 1.30 bits per heavy atom. The van der Waals surface area contributed by atoms with E-state index in [0.29, 0.717) is 21.5 Å². The van der Waals surface area contributed by atoms with Crippen molar-refractivity contribution in [3.8, 4) is 5.75 Å². The molecule has 3 rings (SSSR count). The maximum Gasteiger partial charge on any atom is 0.350 e. The number of hydrogen-bond donors (Lipinski definition) is 1. The van der Waals surface area contributed by atoms with Crippen molar-refractivity contribution in [1.82, 2.24) is 9.97 Å². The number of nitrogens with one attached hydrogen (secondary N) is 1. The number of aryl methyl sites for hydroxylation is 2. The number of methoxy groups -OCH3 is 1. The summed E-state index contributed by atoms with van der Waals surface area (Å²) in [5.41, 5.74) is 2.33. The molecule has 0 aliphatic heterocycles. The Labute approximate surface area is 182 Å². The molecule has 0 aliphatic carbocycles. The van der Waals surface area contributed by atoms with E-state index in [1.165, 1.54) is 17.8 Å². The second-order valence-electron chi connectivity index (χ2n) is 6.29. The third-order valence-corrected chi connectivity index (χ3v) is 6.08. The minimum absolute atomic E-state index is 0.122. The lowest BCUT2D eigenvalue weighted by atomic mass is 10.1. The highest BCUT2D eigenvalue weighted by atomic mass is 32.2. The van der Waals surface area contributed by atoms with E-state index in [4.69, 9.17) is 9.47 Å². The van der Waals surface area contributed by atoms with Crippen LogP contribution >= 0.6 is 23.1 Å². The van der Waals surface area contributed by atoms with E-state index in [2.05, 4.69) is 21.9 Å². The number of aromatic nitrogens is 2. The summed E-state index contributed by atoms with van der Waals surface area (Å²) in [7, 11) is 1.61. The average molecular weight is 444 g/mol. The Balaban J connectivity index is 1.66. The number of carbonyl (C=O) groups excluding carboxylic acids is 2. The average Bonchev–Trinajstić information content (AvgIpc) is 3.10. The number of thiazole rings is 1. The number of fused-ring (bicyclic) bond motifs is 1. The smallest absolute Gasteiger partial charge is 0.350 e. The molecule has 0 spiro atoms. The van der Waals surface area contributed by atoms with Gasteiger partial charge in [-0.2, -0.15) is 0 Å². The highest BCUT2D eigenvalue weighted by molar-refractivity contribution is 7.99. The molecule has 0 saturated carbocycles. The van der Waals surface area contributed by atoms with Crippen LogP contribution in [-0.4, -0.2) is 41.3 Å². The second kappa shape index (κ2) is 9.73. The molecule has 0 bridgehead atoms. The Morgan fingerprint density at radius 2 is 2.10 bits per heavy atom. The number of carbonyl (C=O) groups is 2. The van der Waals surface area contributed by atoms with E-state index in [1.54, 1.807) is 14.0 Å². The molecule has 1 N–H and O–H groups in total. The summed E-state index contributed by atoms with van der Waals surface area (Å²) in [6.07, 6.45) is 1.49. The van der Waals surface area contributed by atoms with Gasteiger partial charge in [0.15, 0.2) is 5.13 Å². The van der Waals surface area contributed by atoms with Gasteiger partial charge < -0.3 is 14.8 Å². The molecule has 9 heteroatoms. The van der Waals surface area contributed by atoms with Gasteiger partial charge in [-0.05, 0) is 31.5 Å². The van der Waals surface area contributed by atoms with Crippen molar-refractivity contribution in [2.45, 2.75) is 18.9 Å². The first-order valence-corrected chi connectivity index (χ1v) is 10.9. The van der Waals surface area contributed by atoms with Crippen molar-refractivity contribution in [2.24, 2.45) is 0 Å². The molecule has 0 unspecified atom stereocenters. The molecular weight excluding hydrogens is 422 g/mol. The predicted molar refractivity (Wildman–Crippen MR) is 120 cm³/mol. The zero-order chi connectivity index (χ0) is 21.7. The lowest BCUT2D eigenvalue weighted by Gasteiger charge is -2.09. The van der Waals surface area contributed by atoms with Gasteiger partial charge >= 0.3 is 5.97 Å². The van der Waals surface area contributed by atoms with Crippen molar-refractivity contribution in [2.75, 3.05) is 24.8 Å². The predicted octanol–water partition coefficient (Wildman–Crippen LogP) is 4.39. The van der Waals surface area contributed by atoms with Gasteiger partial charge in [-0.1, -0.05) is 47.9 Å². The van der Waals surface area contributed by atoms with Crippen molar-refractivity contribution >= 4 is 51.0 Å². The number of rotatable bonds is 8. The van der Waals surface area contributed by atoms with Gasteiger partial charge in [-0.15, -0.1) is 0 Å². The van der Waals surface area contributed by atoms with Crippen LogP contribution in [0.25, 0.3) is 10.9 Å². The summed E-state index contributed by atoms with van der Waals surface area (Å²) < 4.78 is 10.4. The highest BCUT2D eigenvalue weighted by Gasteiger charge is 2.18. The largest absolute Gasteiger partial charge is 0.494 e. The highest BCUT2D eigenvalue weighted by Crippen LogP contribution is 2.30. The fourth-order valence-corrected chi connectivity index (χ4v) is 4.38. The summed E-state index contributed by atoms with van der Waals surface area (Å²) in [5, 5.41) is 4.82. The molecule has 0 atom stereocenters. The van der Waals surface area contributed by atoms with Crippen molar-refractivity contribution < 1.29 is 19.1 Å². The van der Waals surface area contributed by atoms with E-state index in [-0.39, 0.29) is 18.3 Å². The van der Waals surface area contributed by atoms with Crippen molar-refractivity contribution in [3.05, 3.63) is 53.1 Å². The topological polar surface area (TPSA) is 90.4 Å². The van der Waals surface area contributed by atoms with Crippen LogP contribution in [0.5, 0.6) is 5.75 Å². The summed E-state index contributed by atoms with van der Waals surface area (Å²) in [4.78, 5) is 33.6. The Hall–Kier alpha value is -2.91. The zero-order valence-corrected chi connectivity index (χ0v) is 18.5. The van der Waals surface area contributed by atoms with Gasteiger partial charge in [0.1, 0.15) is 22.8 Å². The minimum atomic E-state index is -0.482. The number of benzene rings is 1. The fraction of sp³-hybridized carbons (Fsp3) is 0.238. The quantitative estimate of drug-likeness (QED) is 0.314. The molecule has 0 radical (unpaired) electrons. The van der Waals surface area contributed by atoms with Crippen molar-refractivity contribution in [3.63, 3.8) is 0 Å². The summed E-state index contributed by atoms with van der Waals surface area (Å²) in [5.74, 6) is 0.127. The lowest BCUT2D eigenvalue weighted by molar-refractivity contribution is -0.113. The first-order chi connectivity index (χ1) is 14.4. The number of ether oxygens (including phenoxy) is 2. The van der Waals surface area contributed by atoms with Crippen LogP contribution in [0.4, 0.5) is 5.13 Å². The van der Waals surface area contributed by atoms with Crippen molar-refractivity contribution in [1.29, 1.82) is 0 Å². The number of esters is 1. The van der Waals surface area contributed by atoms with E-state index in [9.17, 15) is 9.59 Å². The third-order valence-electron chi connectivity index (χ3n) is 4.12. The van der Waals surface area contributed by atoms with E-state index < -0.39 is 5.97 Å². The number of para-hydroxylation sites is 1. The normalized spacial score (nSPS) is 10.6. The molecule has 156 valence electrons. The van der Waals surface area contributed by atoms with Crippen LogP contribution in [0.15, 0.2) is 41.9 Å². The number of anilines is 1. The summed E-state index contributed by atoms with van der Waals surface area (Å²) in [6.45, 7) is 7.33. The van der Waals surface area contributed by atoms with Crippen LogP contribution in [0.3, 0.4) is 0 Å². The fourth-order valence-electron chi connectivity index (χ4n) is 2.73. The van der Waals surface area contributed by atoms with Gasteiger partial charge in [0.05, 0.1) is 23.6 Å². The molecule has 2 heterocycles. The molecule has 0 aliphatic rings. The molecule has 1 amide bonds. The minimum Gasteiger partial charge on any atom is -0.494 e. The lowest BCUT2D eigenvalue weighted by Crippen LogP contribution is -2.14. The SMILES string of the molecule is C=CCOC(=O)c1sc(NC(=O)CSc2cc(C)c3cccc(OC)c3n2)nc1C. The number of amides is 1. The molecule has 2 aromatic heterocycles. The van der Waals surface area contributed by atoms with Gasteiger partial charge in [0.2, 0.25) is 5.91 Å². The van der Waals surface area contributed by atoms with Crippen LogP contribution < -0.4 is 10.1 Å². The van der Waals surface area contributed by atoms with Gasteiger partial charge in [-0.3, -0.25) is 4.79 Å². The first kappa shape index (κ1) is 21.8. The molecule has 7 nitrogen and oxygen atoms in total. The molecular formula is C21H21N3O4S2. The van der Waals surface area contributed by atoms with Crippen LogP contribution in [0, 0.1) is 13.8 Å². The number of thioether (sulfide) groups is 1. The van der Waals surface area contributed by atoms with E-state index >= 15 is 0 Å². The molecule has 30 heavy (non-hydrogen) atoms. The maximum absolute atomic E-state index is 12.4. The summed E-state index contributed by atoms with van der Waals surface area (Å²) >= 11 is 2.40. The monoisotopic (exact) mass is 443 g/mol. The van der Waals surface area contributed by atoms with E-state index in [0.717, 1.165) is 32.8 Å². The Kier molecular flexibility index (Phi) is 7.07. The number of nitrogens with zero attached hydrogens (tertiary/aromatic N) is 2. The van der Waals surface area contributed by atoms with Crippen LogP contribution in [-0.2, 0) is 9.53 Å². The van der Waals surface area contributed by atoms with Gasteiger partial charge in [0.25, 0.3) is 0 Å². The van der Waals surface area contributed by atoms with Crippen LogP contribution in [0.1, 0.15) is 20.9 Å². The number of pyridine rings is 1. The Morgan fingerprint density at radius 3 is 2.83 bits per heavy atom. The zero-order valence-electron chi connectivity index (χ0n) is 16.9. The summed E-state index contributed by atoms with van der Waals surface area (Å²) in [6, 6.07) is 7.72. The number of hydrogen-bond acceptors (Lipinski definition) is 8. The van der Waals surface area contributed by atoms with Gasteiger partial charge in [-0.25, -0.2) is 14.8 Å². The first-order valence-electron chi connectivity index (χ1n) is 9.05. The standard InChI is InChI=1S/C21H21N3O4S2/c1-5-9-28-20(26)19-13(3)22-21(30-19)23-16(25)11-29-17-10-12(2)14-7-6-8-15(27-4)18(14)24-17/h5-8,10H,1,9,11H2,2-4H3,(H,22,23,25). The third kappa shape index (κ3) is 4.98. The van der Waals surface area contributed by atoms with Crippen LogP contribution in [0.2, 0.25) is 0 Å².